The van der Waals surface area contributed by atoms with E-state index in [4.69, 9.17) is 10.2 Å². The second-order valence-corrected chi connectivity index (χ2v) is 5.49. The lowest BCUT2D eigenvalue weighted by atomic mass is 10.0. The largest absolute Gasteiger partial charge is 0.461 e. The maximum atomic E-state index is 12.7. The van der Waals surface area contributed by atoms with Crippen molar-refractivity contribution < 1.29 is 9.21 Å². The number of amides is 1. The summed E-state index contributed by atoms with van der Waals surface area (Å²) in [4.78, 5) is 14.6. The standard InChI is InChI=1S/C16H20N2O2/c1-11-8-13-9-12(5-6-15(13)20-11)16(19)18-7-3-2-4-14(18)10-17/h5-6,8-9,14H,2-4,7,10,17H2,1H3. The number of hydrogen-bond acceptors (Lipinski definition) is 3. The van der Waals surface area contributed by atoms with E-state index in [1.807, 2.05) is 36.1 Å². The molecule has 1 aromatic heterocycles. The zero-order valence-electron chi connectivity index (χ0n) is 11.8. The van der Waals surface area contributed by atoms with Gasteiger partial charge in [0.05, 0.1) is 0 Å². The number of nitrogens with two attached hydrogens (primary N) is 1. The lowest BCUT2D eigenvalue weighted by Crippen LogP contribution is -2.47. The van der Waals surface area contributed by atoms with Crippen LogP contribution in [0.25, 0.3) is 11.0 Å². The minimum atomic E-state index is 0.0842. The Morgan fingerprint density at radius 3 is 3.05 bits per heavy atom. The minimum Gasteiger partial charge on any atom is -0.461 e. The molecule has 106 valence electrons. The number of carbonyl (C=O) groups excluding carboxylic acids is 1. The molecule has 0 bridgehead atoms. The number of rotatable bonds is 2. The third-order valence-electron chi connectivity index (χ3n) is 4.05. The zero-order valence-corrected chi connectivity index (χ0v) is 11.8. The molecular formula is C16H20N2O2. The number of nitrogens with zero attached hydrogens (tertiary/aromatic N) is 1. The molecule has 20 heavy (non-hydrogen) atoms. The van der Waals surface area contributed by atoms with Crippen molar-refractivity contribution in [3.8, 4) is 0 Å². The van der Waals surface area contributed by atoms with Crippen LogP contribution in [0.1, 0.15) is 35.4 Å². The third-order valence-corrected chi connectivity index (χ3v) is 4.05. The van der Waals surface area contributed by atoms with Gasteiger partial charge in [-0.05, 0) is 50.5 Å². The van der Waals surface area contributed by atoms with Crippen LogP contribution in [-0.4, -0.2) is 29.9 Å². The van der Waals surface area contributed by atoms with Crippen LogP contribution >= 0.6 is 0 Å². The van der Waals surface area contributed by atoms with Gasteiger partial charge in [-0.1, -0.05) is 0 Å². The van der Waals surface area contributed by atoms with Crippen LogP contribution in [-0.2, 0) is 0 Å². The Morgan fingerprint density at radius 1 is 1.40 bits per heavy atom. The molecule has 0 radical (unpaired) electrons. The fourth-order valence-corrected chi connectivity index (χ4v) is 2.99. The van der Waals surface area contributed by atoms with Gasteiger partial charge in [0.15, 0.2) is 0 Å². The summed E-state index contributed by atoms with van der Waals surface area (Å²) in [6.07, 6.45) is 3.23. The van der Waals surface area contributed by atoms with Crippen molar-refractivity contribution in [2.24, 2.45) is 5.73 Å². The minimum absolute atomic E-state index is 0.0842. The van der Waals surface area contributed by atoms with Crippen molar-refractivity contribution in [2.45, 2.75) is 32.2 Å². The first-order chi connectivity index (χ1) is 9.69. The fourth-order valence-electron chi connectivity index (χ4n) is 2.99. The second kappa shape index (κ2) is 5.29. The van der Waals surface area contributed by atoms with Gasteiger partial charge in [0.1, 0.15) is 11.3 Å². The van der Waals surface area contributed by atoms with E-state index >= 15 is 0 Å². The lowest BCUT2D eigenvalue weighted by Gasteiger charge is -2.35. The molecule has 3 rings (SSSR count). The van der Waals surface area contributed by atoms with Crippen LogP contribution in [0, 0.1) is 6.92 Å². The van der Waals surface area contributed by atoms with Crippen LogP contribution in [0.5, 0.6) is 0 Å². The maximum Gasteiger partial charge on any atom is 0.254 e. The Balaban J connectivity index is 1.90. The predicted octanol–water partition coefficient (Wildman–Crippen LogP) is 2.69. The van der Waals surface area contributed by atoms with Gasteiger partial charge < -0.3 is 15.1 Å². The van der Waals surface area contributed by atoms with E-state index in [2.05, 4.69) is 0 Å². The quantitative estimate of drug-likeness (QED) is 0.914. The molecule has 1 aliphatic heterocycles. The smallest absolute Gasteiger partial charge is 0.254 e. The number of piperidine rings is 1. The van der Waals surface area contributed by atoms with Gasteiger partial charge in [-0.2, -0.15) is 0 Å². The van der Waals surface area contributed by atoms with E-state index in [-0.39, 0.29) is 11.9 Å². The van der Waals surface area contributed by atoms with Gasteiger partial charge in [0, 0.05) is 30.1 Å². The average Bonchev–Trinajstić information content (AvgIpc) is 2.85. The Labute approximate surface area is 118 Å². The molecule has 2 N–H and O–H groups in total. The fraction of sp³-hybridized carbons (Fsp3) is 0.438. The van der Waals surface area contributed by atoms with Crippen LogP contribution in [0.3, 0.4) is 0 Å². The highest BCUT2D eigenvalue weighted by Gasteiger charge is 2.26. The molecule has 4 heteroatoms. The molecule has 4 nitrogen and oxygen atoms in total. The number of furan rings is 1. The van der Waals surface area contributed by atoms with Crippen LogP contribution in [0.4, 0.5) is 0 Å². The molecule has 2 aromatic rings. The van der Waals surface area contributed by atoms with Crippen molar-refractivity contribution in [1.82, 2.24) is 4.90 Å². The summed E-state index contributed by atoms with van der Waals surface area (Å²) in [5.41, 5.74) is 7.34. The van der Waals surface area contributed by atoms with E-state index in [9.17, 15) is 4.79 Å². The highest BCUT2D eigenvalue weighted by Crippen LogP contribution is 2.23. The third kappa shape index (κ3) is 2.31. The number of fused-ring (bicyclic) bond motifs is 1. The normalized spacial score (nSPS) is 19.5. The molecule has 1 atom stereocenters. The summed E-state index contributed by atoms with van der Waals surface area (Å²) in [7, 11) is 0. The van der Waals surface area contributed by atoms with Crippen LogP contribution < -0.4 is 5.73 Å². The summed E-state index contributed by atoms with van der Waals surface area (Å²) in [6.45, 7) is 3.26. The molecule has 1 saturated heterocycles. The molecule has 1 fully saturated rings. The van der Waals surface area contributed by atoms with E-state index in [1.165, 1.54) is 0 Å². The Kier molecular flexibility index (Phi) is 3.49. The molecule has 1 amide bonds. The van der Waals surface area contributed by atoms with Crippen LogP contribution in [0.2, 0.25) is 0 Å². The first kappa shape index (κ1) is 13.2. The Morgan fingerprint density at radius 2 is 2.25 bits per heavy atom. The van der Waals surface area contributed by atoms with Crippen molar-refractivity contribution in [1.29, 1.82) is 0 Å². The number of likely N-dealkylation sites (tertiary alicyclic amines) is 1. The predicted molar refractivity (Wildman–Crippen MR) is 78.7 cm³/mol. The van der Waals surface area contributed by atoms with Gasteiger partial charge in [-0.25, -0.2) is 0 Å². The Hall–Kier alpha value is -1.81. The first-order valence-electron chi connectivity index (χ1n) is 7.20. The average molecular weight is 272 g/mol. The molecule has 0 aliphatic carbocycles. The van der Waals surface area contributed by atoms with E-state index < -0.39 is 0 Å². The first-order valence-corrected chi connectivity index (χ1v) is 7.20. The highest BCUT2D eigenvalue weighted by molar-refractivity contribution is 5.98. The van der Waals surface area contributed by atoms with E-state index in [1.54, 1.807) is 0 Å². The lowest BCUT2D eigenvalue weighted by molar-refractivity contribution is 0.0623. The van der Waals surface area contributed by atoms with Gasteiger partial charge in [-0.15, -0.1) is 0 Å². The summed E-state index contributed by atoms with van der Waals surface area (Å²) in [6, 6.07) is 7.77. The summed E-state index contributed by atoms with van der Waals surface area (Å²) < 4.78 is 5.55. The number of hydrogen-bond donors (Lipinski definition) is 1. The van der Waals surface area contributed by atoms with Crippen LogP contribution in [0.15, 0.2) is 28.7 Å². The summed E-state index contributed by atoms with van der Waals surface area (Å²) in [5.74, 6) is 0.948. The highest BCUT2D eigenvalue weighted by atomic mass is 16.3. The van der Waals surface area contributed by atoms with Gasteiger partial charge >= 0.3 is 0 Å². The van der Waals surface area contributed by atoms with Gasteiger partial charge in [0.25, 0.3) is 5.91 Å². The second-order valence-electron chi connectivity index (χ2n) is 5.49. The SMILES string of the molecule is Cc1cc2cc(C(=O)N3CCCCC3CN)ccc2o1. The molecule has 0 saturated carbocycles. The van der Waals surface area contributed by atoms with Gasteiger partial charge in [0.2, 0.25) is 0 Å². The van der Waals surface area contributed by atoms with E-state index in [0.717, 1.165) is 48.1 Å². The van der Waals surface area contributed by atoms with Gasteiger partial charge in [-0.3, -0.25) is 4.79 Å². The molecular weight excluding hydrogens is 252 g/mol. The molecule has 0 spiro atoms. The number of carbonyl (C=O) groups is 1. The molecule has 1 aromatic carbocycles. The summed E-state index contributed by atoms with van der Waals surface area (Å²) >= 11 is 0. The monoisotopic (exact) mass is 272 g/mol. The molecule has 1 aliphatic rings. The summed E-state index contributed by atoms with van der Waals surface area (Å²) in [5, 5.41) is 0.981. The zero-order chi connectivity index (χ0) is 14.1. The number of benzene rings is 1. The van der Waals surface area contributed by atoms with Crippen molar-refractivity contribution in [2.75, 3.05) is 13.1 Å². The van der Waals surface area contributed by atoms with Crippen molar-refractivity contribution in [3.05, 3.63) is 35.6 Å². The number of aryl methyl sites for hydroxylation is 1. The maximum absolute atomic E-state index is 12.7. The van der Waals surface area contributed by atoms with E-state index in [0.29, 0.717) is 6.54 Å². The molecule has 2 heterocycles. The topological polar surface area (TPSA) is 59.5 Å². The Bertz CT molecular complexity index is 632. The molecule has 1 unspecified atom stereocenters. The van der Waals surface area contributed by atoms with Crippen molar-refractivity contribution >= 4 is 16.9 Å². The van der Waals surface area contributed by atoms with Crippen molar-refractivity contribution in [3.63, 3.8) is 0 Å².